The van der Waals surface area contributed by atoms with Gasteiger partial charge >= 0.3 is 0 Å². The van der Waals surface area contributed by atoms with Gasteiger partial charge in [0.2, 0.25) is 11.8 Å². The number of halogens is 1. The first-order valence-electron chi connectivity index (χ1n) is 8.35. The van der Waals surface area contributed by atoms with Crippen molar-refractivity contribution in [1.29, 1.82) is 0 Å². The van der Waals surface area contributed by atoms with Crippen LogP contribution in [0.3, 0.4) is 0 Å². The topological polar surface area (TPSA) is 49.4 Å². The van der Waals surface area contributed by atoms with Crippen molar-refractivity contribution < 1.29 is 9.59 Å². The van der Waals surface area contributed by atoms with Crippen LogP contribution in [-0.4, -0.2) is 29.3 Å². The predicted octanol–water partition coefficient (Wildman–Crippen LogP) is 3.45. The molecule has 1 aliphatic heterocycles. The van der Waals surface area contributed by atoms with Crippen LogP contribution in [0.5, 0.6) is 0 Å². The highest BCUT2D eigenvalue weighted by molar-refractivity contribution is 6.30. The summed E-state index contributed by atoms with van der Waals surface area (Å²) in [7, 11) is 0. The van der Waals surface area contributed by atoms with Crippen LogP contribution in [-0.2, 0) is 16.1 Å². The van der Waals surface area contributed by atoms with E-state index >= 15 is 0 Å². The molecule has 1 fully saturated rings. The van der Waals surface area contributed by atoms with E-state index in [4.69, 9.17) is 11.6 Å². The summed E-state index contributed by atoms with van der Waals surface area (Å²) in [6.45, 7) is 5.11. The van der Waals surface area contributed by atoms with Gasteiger partial charge in [0.05, 0.1) is 0 Å². The monoisotopic (exact) mass is 336 g/mol. The number of hydrogen-bond acceptors (Lipinski definition) is 2. The highest BCUT2D eigenvalue weighted by Crippen LogP contribution is 2.19. The second kappa shape index (κ2) is 8.34. The smallest absolute Gasteiger partial charge is 0.243 e. The minimum absolute atomic E-state index is 0.0615. The molecule has 2 amide bonds. The van der Waals surface area contributed by atoms with E-state index in [1.54, 1.807) is 4.90 Å². The third-order valence-electron chi connectivity index (χ3n) is 4.35. The zero-order valence-corrected chi connectivity index (χ0v) is 14.7. The normalized spacial score (nSPS) is 17.9. The summed E-state index contributed by atoms with van der Waals surface area (Å²) in [5, 5.41) is 3.64. The van der Waals surface area contributed by atoms with Crippen LogP contribution in [0.25, 0.3) is 0 Å². The summed E-state index contributed by atoms with van der Waals surface area (Å²) in [6, 6.07) is 5.33. The van der Waals surface area contributed by atoms with Gasteiger partial charge < -0.3 is 10.2 Å². The zero-order valence-electron chi connectivity index (χ0n) is 13.9. The number of carbonyl (C=O) groups excluding carboxylic acids is 2. The van der Waals surface area contributed by atoms with Crippen molar-refractivity contribution in [3.63, 3.8) is 0 Å². The Kier molecular flexibility index (Phi) is 6.46. The summed E-state index contributed by atoms with van der Waals surface area (Å²) in [6.07, 6.45) is 4.04. The second-order valence-electron chi connectivity index (χ2n) is 6.14. The molecule has 23 heavy (non-hydrogen) atoms. The highest BCUT2D eigenvalue weighted by atomic mass is 35.5. The number of amides is 2. The Bertz CT molecular complexity index is 574. The van der Waals surface area contributed by atoms with Gasteiger partial charge in [0.1, 0.15) is 6.04 Å². The number of likely N-dealkylation sites (tertiary alicyclic amines) is 1. The van der Waals surface area contributed by atoms with Crippen LogP contribution in [0.4, 0.5) is 0 Å². The number of aryl methyl sites for hydroxylation is 1. The van der Waals surface area contributed by atoms with Crippen LogP contribution in [0, 0.1) is 6.92 Å². The van der Waals surface area contributed by atoms with E-state index < -0.39 is 0 Å². The van der Waals surface area contributed by atoms with Crippen molar-refractivity contribution in [1.82, 2.24) is 10.2 Å². The SMILES string of the molecule is CCCC(=O)N1CCCCC1C(=O)NCc1cc(Cl)ccc1C. The first kappa shape index (κ1) is 17.8. The van der Waals surface area contributed by atoms with E-state index in [1.165, 1.54) is 0 Å². The summed E-state index contributed by atoms with van der Waals surface area (Å²) >= 11 is 6.01. The molecule has 0 saturated carbocycles. The molecule has 1 saturated heterocycles. The lowest BCUT2D eigenvalue weighted by atomic mass is 10.0. The van der Waals surface area contributed by atoms with Crippen LogP contribution in [0.2, 0.25) is 5.02 Å². The van der Waals surface area contributed by atoms with Crippen molar-refractivity contribution in [2.24, 2.45) is 0 Å². The molecule has 0 radical (unpaired) electrons. The molecule has 1 aromatic rings. The molecule has 1 heterocycles. The molecule has 1 N–H and O–H groups in total. The first-order chi connectivity index (χ1) is 11.0. The standard InChI is InChI=1S/C18H25ClN2O2/c1-3-6-17(22)21-10-5-4-7-16(21)18(23)20-12-14-11-15(19)9-8-13(14)2/h8-9,11,16H,3-7,10,12H2,1-2H3,(H,20,23). The Labute approximate surface area is 143 Å². The van der Waals surface area contributed by atoms with Gasteiger partial charge in [0.15, 0.2) is 0 Å². The number of piperidine rings is 1. The summed E-state index contributed by atoms with van der Waals surface area (Å²) < 4.78 is 0. The van der Waals surface area contributed by atoms with Crippen LogP contribution in [0.1, 0.15) is 50.2 Å². The van der Waals surface area contributed by atoms with E-state index in [-0.39, 0.29) is 17.9 Å². The summed E-state index contributed by atoms with van der Waals surface area (Å²) in [5.41, 5.74) is 2.10. The van der Waals surface area contributed by atoms with Gasteiger partial charge in [-0.25, -0.2) is 0 Å². The van der Waals surface area contributed by atoms with Crippen molar-refractivity contribution in [3.8, 4) is 0 Å². The quantitative estimate of drug-likeness (QED) is 0.895. The lowest BCUT2D eigenvalue weighted by Crippen LogP contribution is -2.51. The van der Waals surface area contributed by atoms with E-state index in [0.29, 0.717) is 24.5 Å². The van der Waals surface area contributed by atoms with Crippen LogP contribution >= 0.6 is 11.6 Å². The fourth-order valence-corrected chi connectivity index (χ4v) is 3.19. The van der Waals surface area contributed by atoms with Gasteiger partial charge in [0, 0.05) is 24.5 Å². The van der Waals surface area contributed by atoms with E-state index in [1.807, 2.05) is 32.0 Å². The minimum Gasteiger partial charge on any atom is -0.350 e. The number of nitrogens with zero attached hydrogens (tertiary/aromatic N) is 1. The van der Waals surface area contributed by atoms with Gasteiger partial charge in [-0.3, -0.25) is 9.59 Å². The number of rotatable bonds is 5. The van der Waals surface area contributed by atoms with Crippen molar-refractivity contribution in [2.75, 3.05) is 6.54 Å². The maximum absolute atomic E-state index is 12.5. The fourth-order valence-electron chi connectivity index (χ4n) is 2.99. The second-order valence-corrected chi connectivity index (χ2v) is 6.57. The Morgan fingerprint density at radius 1 is 1.35 bits per heavy atom. The molecule has 1 atom stereocenters. The van der Waals surface area contributed by atoms with Gasteiger partial charge in [-0.1, -0.05) is 24.6 Å². The molecule has 4 nitrogen and oxygen atoms in total. The first-order valence-corrected chi connectivity index (χ1v) is 8.73. The molecule has 1 unspecified atom stereocenters. The Hall–Kier alpha value is -1.55. The lowest BCUT2D eigenvalue weighted by Gasteiger charge is -2.34. The van der Waals surface area contributed by atoms with Crippen molar-refractivity contribution >= 4 is 23.4 Å². The van der Waals surface area contributed by atoms with E-state index in [2.05, 4.69) is 5.32 Å². The van der Waals surface area contributed by atoms with E-state index in [0.717, 1.165) is 36.8 Å². The predicted molar refractivity (Wildman–Crippen MR) is 92.3 cm³/mol. The number of nitrogens with one attached hydrogen (secondary N) is 1. The molecule has 1 aliphatic rings. The van der Waals surface area contributed by atoms with E-state index in [9.17, 15) is 9.59 Å². The summed E-state index contributed by atoms with van der Waals surface area (Å²) in [4.78, 5) is 26.5. The molecular formula is C18H25ClN2O2. The average molecular weight is 337 g/mol. The molecule has 0 aliphatic carbocycles. The largest absolute Gasteiger partial charge is 0.350 e. The highest BCUT2D eigenvalue weighted by Gasteiger charge is 2.31. The maximum atomic E-state index is 12.5. The molecule has 2 rings (SSSR count). The Balaban J connectivity index is 2.00. The fraction of sp³-hybridized carbons (Fsp3) is 0.556. The molecule has 0 spiro atoms. The number of hydrogen-bond donors (Lipinski definition) is 1. The molecule has 5 heteroatoms. The third-order valence-corrected chi connectivity index (χ3v) is 4.59. The zero-order chi connectivity index (χ0) is 16.8. The minimum atomic E-state index is -0.331. The lowest BCUT2D eigenvalue weighted by molar-refractivity contribution is -0.142. The Morgan fingerprint density at radius 2 is 2.13 bits per heavy atom. The Morgan fingerprint density at radius 3 is 2.87 bits per heavy atom. The average Bonchev–Trinajstić information content (AvgIpc) is 2.55. The molecular weight excluding hydrogens is 312 g/mol. The summed E-state index contributed by atoms with van der Waals surface area (Å²) in [5.74, 6) is 0.0276. The number of carbonyl (C=O) groups is 2. The third kappa shape index (κ3) is 4.71. The molecule has 0 bridgehead atoms. The van der Waals surface area contributed by atoms with Crippen molar-refractivity contribution in [2.45, 2.75) is 58.5 Å². The maximum Gasteiger partial charge on any atom is 0.243 e. The van der Waals surface area contributed by atoms with Gasteiger partial charge in [0.25, 0.3) is 0 Å². The van der Waals surface area contributed by atoms with Gasteiger partial charge in [-0.2, -0.15) is 0 Å². The van der Waals surface area contributed by atoms with Crippen LogP contribution < -0.4 is 5.32 Å². The van der Waals surface area contributed by atoms with Gasteiger partial charge in [-0.05, 0) is 55.9 Å². The number of benzene rings is 1. The van der Waals surface area contributed by atoms with Gasteiger partial charge in [-0.15, -0.1) is 0 Å². The molecule has 0 aromatic heterocycles. The van der Waals surface area contributed by atoms with Crippen molar-refractivity contribution in [3.05, 3.63) is 34.3 Å². The molecule has 1 aromatic carbocycles. The van der Waals surface area contributed by atoms with Crippen LogP contribution in [0.15, 0.2) is 18.2 Å². The molecule has 126 valence electrons.